The number of hydrogen-bond donors (Lipinski definition) is 1. The van der Waals surface area contributed by atoms with Gasteiger partial charge in [0.2, 0.25) is 16.0 Å². The largest absolute Gasteiger partial charge is 0.433 e. The lowest BCUT2D eigenvalue weighted by molar-refractivity contribution is -0.141. The third-order valence-electron chi connectivity index (χ3n) is 3.59. The first-order chi connectivity index (χ1) is 10.6. The summed E-state index contributed by atoms with van der Waals surface area (Å²) in [6, 6.07) is 0.446. The quantitative estimate of drug-likeness (QED) is 0.894. The van der Waals surface area contributed by atoms with E-state index in [4.69, 9.17) is 0 Å². The smallest absolute Gasteiger partial charge is 0.339 e. The summed E-state index contributed by atoms with van der Waals surface area (Å²) in [7, 11) is -3.43. The highest BCUT2D eigenvalue weighted by Gasteiger charge is 2.34. The minimum absolute atomic E-state index is 0.0340. The van der Waals surface area contributed by atoms with Crippen molar-refractivity contribution in [3.63, 3.8) is 0 Å². The fraction of sp³-hybridized carbons (Fsp3) is 0.692. The molecule has 2 rings (SSSR count). The minimum Gasteiger partial charge on any atom is -0.339 e. The van der Waals surface area contributed by atoms with Gasteiger partial charge in [0.25, 0.3) is 0 Å². The van der Waals surface area contributed by atoms with Crippen molar-refractivity contribution in [3.8, 4) is 0 Å². The molecule has 1 aliphatic rings. The monoisotopic (exact) mass is 352 g/mol. The summed E-state index contributed by atoms with van der Waals surface area (Å²) < 4.78 is 64.6. The van der Waals surface area contributed by atoms with Gasteiger partial charge in [-0.2, -0.15) is 13.2 Å². The van der Waals surface area contributed by atoms with Crippen LogP contribution < -0.4 is 9.62 Å². The van der Waals surface area contributed by atoms with Crippen LogP contribution >= 0.6 is 0 Å². The zero-order valence-corrected chi connectivity index (χ0v) is 13.7. The van der Waals surface area contributed by atoms with Crippen molar-refractivity contribution in [3.05, 3.63) is 18.0 Å². The van der Waals surface area contributed by atoms with Gasteiger partial charge in [0.1, 0.15) is 5.69 Å². The molecule has 0 aromatic carbocycles. The zero-order chi connectivity index (χ0) is 17.3. The highest BCUT2D eigenvalue weighted by atomic mass is 32.2. The molecule has 2 heterocycles. The molecule has 1 aromatic heterocycles. The highest BCUT2D eigenvalue weighted by molar-refractivity contribution is 7.90. The first-order valence-corrected chi connectivity index (χ1v) is 8.80. The summed E-state index contributed by atoms with van der Waals surface area (Å²) in [5.41, 5.74) is -1.01. The van der Waals surface area contributed by atoms with E-state index in [2.05, 4.69) is 14.7 Å². The number of aromatic nitrogens is 2. The van der Waals surface area contributed by atoms with Crippen molar-refractivity contribution >= 4 is 16.0 Å². The molecule has 1 atom stereocenters. The number of halogens is 3. The van der Waals surface area contributed by atoms with Crippen LogP contribution in [0.1, 0.15) is 32.4 Å². The molecule has 1 unspecified atom stereocenters. The van der Waals surface area contributed by atoms with Crippen LogP contribution in [0, 0.1) is 0 Å². The van der Waals surface area contributed by atoms with Gasteiger partial charge in [-0.1, -0.05) is 0 Å². The van der Waals surface area contributed by atoms with Crippen LogP contribution in [0.4, 0.5) is 19.1 Å². The van der Waals surface area contributed by atoms with Gasteiger partial charge in [-0.15, -0.1) is 0 Å². The topological polar surface area (TPSA) is 75.2 Å². The Morgan fingerprint density at radius 3 is 2.70 bits per heavy atom. The van der Waals surface area contributed by atoms with E-state index in [1.807, 2.05) is 0 Å². The van der Waals surface area contributed by atoms with Gasteiger partial charge < -0.3 is 4.90 Å². The summed E-state index contributed by atoms with van der Waals surface area (Å²) in [4.78, 5) is 9.00. The van der Waals surface area contributed by atoms with Gasteiger partial charge in [-0.3, -0.25) is 0 Å². The molecule has 6 nitrogen and oxygen atoms in total. The van der Waals surface area contributed by atoms with Gasteiger partial charge in [-0.05, 0) is 32.8 Å². The molecule has 1 aliphatic heterocycles. The van der Waals surface area contributed by atoms with E-state index in [1.165, 1.54) is 0 Å². The Morgan fingerprint density at radius 2 is 2.09 bits per heavy atom. The number of anilines is 1. The van der Waals surface area contributed by atoms with E-state index in [9.17, 15) is 21.6 Å². The number of rotatable bonds is 4. The van der Waals surface area contributed by atoms with Crippen LogP contribution in [0.15, 0.2) is 12.3 Å². The Balaban J connectivity index is 2.13. The number of nitrogens with zero attached hydrogens (tertiary/aromatic N) is 3. The number of hydrogen-bond acceptors (Lipinski definition) is 5. The van der Waals surface area contributed by atoms with E-state index in [1.54, 1.807) is 18.7 Å². The summed E-state index contributed by atoms with van der Waals surface area (Å²) in [5.74, 6) is -0.0340. The Morgan fingerprint density at radius 1 is 1.39 bits per heavy atom. The predicted molar refractivity (Wildman–Crippen MR) is 79.5 cm³/mol. The van der Waals surface area contributed by atoms with Crippen molar-refractivity contribution in [2.75, 3.05) is 18.0 Å². The zero-order valence-electron chi connectivity index (χ0n) is 12.8. The number of sulfonamides is 1. The third kappa shape index (κ3) is 4.54. The van der Waals surface area contributed by atoms with Gasteiger partial charge in [0.05, 0.1) is 5.25 Å². The molecule has 0 amide bonds. The van der Waals surface area contributed by atoms with Gasteiger partial charge in [0.15, 0.2) is 0 Å². The average Bonchev–Trinajstić information content (AvgIpc) is 2.46. The SMILES string of the molecule is CC(C)S(=O)(=O)NC1CCCN(c2nccc(C(F)(F)F)n2)C1. The van der Waals surface area contributed by atoms with E-state index in [0.29, 0.717) is 19.4 Å². The Bertz CT molecular complexity index is 649. The molecule has 130 valence electrons. The Kier molecular flexibility index (Phi) is 5.14. The molecule has 1 fully saturated rings. The van der Waals surface area contributed by atoms with Crippen molar-refractivity contribution in [1.82, 2.24) is 14.7 Å². The van der Waals surface area contributed by atoms with Crippen LogP contribution in [0.5, 0.6) is 0 Å². The Hall–Kier alpha value is -1.42. The first-order valence-electron chi connectivity index (χ1n) is 7.26. The lowest BCUT2D eigenvalue weighted by Gasteiger charge is -2.33. The summed E-state index contributed by atoms with van der Waals surface area (Å²) >= 11 is 0. The molecule has 0 spiro atoms. The molecule has 0 radical (unpaired) electrons. The maximum absolute atomic E-state index is 12.7. The van der Waals surface area contributed by atoms with Gasteiger partial charge >= 0.3 is 6.18 Å². The number of piperidine rings is 1. The minimum atomic E-state index is -4.54. The normalized spacial score (nSPS) is 20.1. The van der Waals surface area contributed by atoms with Gasteiger partial charge in [0, 0.05) is 25.3 Å². The van der Waals surface area contributed by atoms with Crippen LogP contribution in [0.3, 0.4) is 0 Å². The standard InChI is InChI=1S/C13H19F3N4O2S/c1-9(2)23(21,22)19-10-4-3-7-20(8-10)12-17-6-5-11(18-12)13(14,15)16/h5-6,9-10,19H,3-4,7-8H2,1-2H3. The lowest BCUT2D eigenvalue weighted by Crippen LogP contribution is -2.49. The fourth-order valence-electron chi connectivity index (χ4n) is 2.28. The maximum Gasteiger partial charge on any atom is 0.433 e. The second-order valence-electron chi connectivity index (χ2n) is 5.74. The van der Waals surface area contributed by atoms with E-state index in [0.717, 1.165) is 12.3 Å². The van der Waals surface area contributed by atoms with E-state index >= 15 is 0 Å². The molecule has 1 saturated heterocycles. The molecule has 0 saturated carbocycles. The molecule has 1 N–H and O–H groups in total. The predicted octanol–water partition coefficient (Wildman–Crippen LogP) is 1.79. The highest BCUT2D eigenvalue weighted by Crippen LogP contribution is 2.28. The van der Waals surface area contributed by atoms with Gasteiger partial charge in [-0.25, -0.2) is 23.1 Å². The molecule has 0 aliphatic carbocycles. The molecule has 1 aromatic rings. The maximum atomic E-state index is 12.7. The Labute approximate surface area is 133 Å². The summed E-state index contributed by atoms with van der Waals surface area (Å²) in [5, 5.41) is -0.567. The molecular weight excluding hydrogens is 333 g/mol. The molecule has 0 bridgehead atoms. The van der Waals surface area contributed by atoms with Crippen LogP contribution in [0.2, 0.25) is 0 Å². The fourth-order valence-corrected chi connectivity index (χ4v) is 3.21. The molecule has 23 heavy (non-hydrogen) atoms. The lowest BCUT2D eigenvalue weighted by atomic mass is 10.1. The number of alkyl halides is 3. The summed E-state index contributed by atoms with van der Waals surface area (Å²) in [6.07, 6.45) is -2.20. The summed E-state index contributed by atoms with van der Waals surface area (Å²) in [6.45, 7) is 3.87. The van der Waals surface area contributed by atoms with Crippen molar-refractivity contribution in [2.24, 2.45) is 0 Å². The molecular formula is C13H19F3N4O2S. The first kappa shape index (κ1) is 17.9. The average molecular weight is 352 g/mol. The van der Waals surface area contributed by atoms with E-state index in [-0.39, 0.29) is 18.5 Å². The number of nitrogens with one attached hydrogen (secondary N) is 1. The van der Waals surface area contributed by atoms with Crippen LogP contribution in [0.25, 0.3) is 0 Å². The second kappa shape index (κ2) is 6.60. The van der Waals surface area contributed by atoms with Crippen molar-refractivity contribution < 1.29 is 21.6 Å². The molecule has 10 heteroatoms. The third-order valence-corrected chi connectivity index (χ3v) is 5.49. The van der Waals surface area contributed by atoms with Crippen LogP contribution in [-0.4, -0.2) is 42.8 Å². The van der Waals surface area contributed by atoms with Crippen molar-refractivity contribution in [2.45, 2.75) is 44.2 Å². The van der Waals surface area contributed by atoms with Crippen LogP contribution in [-0.2, 0) is 16.2 Å². The van der Waals surface area contributed by atoms with Crippen molar-refractivity contribution in [1.29, 1.82) is 0 Å². The second-order valence-corrected chi connectivity index (χ2v) is 8.00. The van der Waals surface area contributed by atoms with E-state index < -0.39 is 27.1 Å².